The highest BCUT2D eigenvalue weighted by Crippen LogP contribution is 2.26. The van der Waals surface area contributed by atoms with Gasteiger partial charge in [0.15, 0.2) is 0 Å². The SMILES string of the molecule is CSc1cccc(NCCCS(N)(=O)=O)c1C#N. The summed E-state index contributed by atoms with van der Waals surface area (Å²) in [7, 11) is -3.42. The lowest BCUT2D eigenvalue weighted by molar-refractivity contribution is 0.596. The lowest BCUT2D eigenvalue weighted by atomic mass is 10.2. The zero-order valence-electron chi connectivity index (χ0n) is 10.0. The number of hydrogen-bond acceptors (Lipinski definition) is 5. The molecular formula is C11H15N3O2S2. The molecule has 7 heteroatoms. The van der Waals surface area contributed by atoms with Gasteiger partial charge in [0.05, 0.1) is 17.0 Å². The molecule has 0 unspecified atom stereocenters. The molecule has 0 aromatic heterocycles. The van der Waals surface area contributed by atoms with Crippen LogP contribution in [0.5, 0.6) is 0 Å². The molecule has 1 aromatic rings. The molecule has 0 amide bonds. The Morgan fingerprint density at radius 1 is 1.50 bits per heavy atom. The van der Waals surface area contributed by atoms with Crippen LogP contribution in [0.25, 0.3) is 0 Å². The van der Waals surface area contributed by atoms with E-state index in [-0.39, 0.29) is 5.75 Å². The highest BCUT2D eigenvalue weighted by atomic mass is 32.2. The van der Waals surface area contributed by atoms with Gasteiger partial charge in [-0.3, -0.25) is 0 Å². The number of thioether (sulfide) groups is 1. The average Bonchev–Trinajstić information content (AvgIpc) is 2.32. The van der Waals surface area contributed by atoms with Gasteiger partial charge in [0, 0.05) is 11.4 Å². The van der Waals surface area contributed by atoms with E-state index in [1.165, 1.54) is 11.8 Å². The third-order valence-electron chi connectivity index (χ3n) is 2.28. The fourth-order valence-electron chi connectivity index (χ4n) is 1.46. The zero-order chi connectivity index (χ0) is 13.6. The molecule has 1 aromatic carbocycles. The van der Waals surface area contributed by atoms with Crippen molar-refractivity contribution in [2.45, 2.75) is 11.3 Å². The second-order valence-electron chi connectivity index (χ2n) is 3.64. The monoisotopic (exact) mass is 285 g/mol. The highest BCUT2D eigenvalue weighted by Gasteiger charge is 2.07. The fraction of sp³-hybridized carbons (Fsp3) is 0.364. The van der Waals surface area contributed by atoms with E-state index < -0.39 is 10.0 Å². The summed E-state index contributed by atoms with van der Waals surface area (Å²) in [6.07, 6.45) is 2.31. The van der Waals surface area contributed by atoms with Crippen LogP contribution in [0.3, 0.4) is 0 Å². The molecule has 0 saturated carbocycles. The first kappa shape index (κ1) is 14.8. The molecule has 0 aliphatic heterocycles. The molecule has 0 atom stereocenters. The number of rotatable bonds is 6. The summed E-state index contributed by atoms with van der Waals surface area (Å²) < 4.78 is 21.5. The van der Waals surface area contributed by atoms with Crippen LogP contribution >= 0.6 is 11.8 Å². The molecule has 0 aliphatic carbocycles. The number of nitrogens with zero attached hydrogens (tertiary/aromatic N) is 1. The van der Waals surface area contributed by atoms with E-state index >= 15 is 0 Å². The first-order valence-corrected chi connectivity index (χ1v) is 8.23. The zero-order valence-corrected chi connectivity index (χ0v) is 11.6. The molecule has 0 heterocycles. The van der Waals surface area contributed by atoms with Gasteiger partial charge in [-0.2, -0.15) is 5.26 Å². The molecule has 0 spiro atoms. The van der Waals surface area contributed by atoms with E-state index in [0.717, 1.165) is 10.6 Å². The number of primary sulfonamides is 1. The van der Waals surface area contributed by atoms with Crippen LogP contribution in [0.1, 0.15) is 12.0 Å². The molecule has 0 saturated heterocycles. The number of nitriles is 1. The Balaban J connectivity index is 2.66. The minimum absolute atomic E-state index is 0.0654. The Labute approximate surface area is 111 Å². The van der Waals surface area contributed by atoms with E-state index in [9.17, 15) is 8.42 Å². The molecule has 3 N–H and O–H groups in total. The molecule has 5 nitrogen and oxygen atoms in total. The van der Waals surface area contributed by atoms with Gasteiger partial charge in [0.1, 0.15) is 6.07 Å². The van der Waals surface area contributed by atoms with E-state index in [0.29, 0.717) is 18.5 Å². The number of nitrogens with two attached hydrogens (primary N) is 1. The van der Waals surface area contributed by atoms with Crippen molar-refractivity contribution in [2.75, 3.05) is 23.9 Å². The molecule has 0 fully saturated rings. The van der Waals surface area contributed by atoms with Gasteiger partial charge < -0.3 is 5.32 Å². The van der Waals surface area contributed by atoms with Crippen molar-refractivity contribution in [1.82, 2.24) is 0 Å². The Morgan fingerprint density at radius 2 is 2.22 bits per heavy atom. The normalized spacial score (nSPS) is 10.9. The first-order valence-electron chi connectivity index (χ1n) is 5.29. The third kappa shape index (κ3) is 4.56. The fourth-order valence-corrected chi connectivity index (χ4v) is 2.58. The smallest absolute Gasteiger partial charge is 0.209 e. The van der Waals surface area contributed by atoms with Crippen molar-refractivity contribution in [3.63, 3.8) is 0 Å². The predicted octanol–water partition coefficient (Wildman–Crippen LogP) is 1.37. The maximum absolute atomic E-state index is 10.8. The average molecular weight is 285 g/mol. The maximum Gasteiger partial charge on any atom is 0.209 e. The molecule has 0 bridgehead atoms. The second-order valence-corrected chi connectivity index (χ2v) is 6.22. The number of benzene rings is 1. The van der Waals surface area contributed by atoms with E-state index in [1.807, 2.05) is 18.4 Å². The van der Waals surface area contributed by atoms with Crippen LogP contribution in [-0.2, 0) is 10.0 Å². The number of sulfonamides is 1. The Morgan fingerprint density at radius 3 is 2.78 bits per heavy atom. The van der Waals surface area contributed by atoms with Crippen LogP contribution in [-0.4, -0.2) is 27.0 Å². The quantitative estimate of drug-likeness (QED) is 0.608. The van der Waals surface area contributed by atoms with Crippen molar-refractivity contribution in [2.24, 2.45) is 5.14 Å². The molecule has 18 heavy (non-hydrogen) atoms. The summed E-state index contributed by atoms with van der Waals surface area (Å²) >= 11 is 1.50. The maximum atomic E-state index is 10.8. The minimum atomic E-state index is -3.42. The molecule has 1 rings (SSSR count). The summed E-state index contributed by atoms with van der Waals surface area (Å²) in [5, 5.41) is 17.1. The van der Waals surface area contributed by atoms with Gasteiger partial charge in [0.2, 0.25) is 10.0 Å². The van der Waals surface area contributed by atoms with E-state index in [2.05, 4.69) is 11.4 Å². The summed E-state index contributed by atoms with van der Waals surface area (Å²) in [6.45, 7) is 0.461. The lowest BCUT2D eigenvalue weighted by Gasteiger charge is -2.10. The molecule has 98 valence electrons. The highest BCUT2D eigenvalue weighted by molar-refractivity contribution is 7.98. The largest absolute Gasteiger partial charge is 0.384 e. The van der Waals surface area contributed by atoms with Crippen molar-refractivity contribution in [1.29, 1.82) is 5.26 Å². The third-order valence-corrected chi connectivity index (χ3v) is 3.92. The van der Waals surface area contributed by atoms with Crippen LogP contribution < -0.4 is 10.5 Å². The Hall–Kier alpha value is -1.23. The van der Waals surface area contributed by atoms with Gasteiger partial charge in [0.25, 0.3) is 0 Å². The van der Waals surface area contributed by atoms with Gasteiger partial charge in [-0.1, -0.05) is 6.07 Å². The molecular weight excluding hydrogens is 270 g/mol. The van der Waals surface area contributed by atoms with Crippen molar-refractivity contribution >= 4 is 27.5 Å². The van der Waals surface area contributed by atoms with Crippen LogP contribution in [0, 0.1) is 11.3 Å². The van der Waals surface area contributed by atoms with Gasteiger partial charge in [-0.25, -0.2) is 13.6 Å². The topological polar surface area (TPSA) is 96.0 Å². The summed E-state index contributed by atoms with van der Waals surface area (Å²) in [6, 6.07) is 7.68. The minimum Gasteiger partial charge on any atom is -0.384 e. The van der Waals surface area contributed by atoms with Crippen LogP contribution in [0.4, 0.5) is 5.69 Å². The van der Waals surface area contributed by atoms with Crippen molar-refractivity contribution in [3.8, 4) is 6.07 Å². The summed E-state index contributed by atoms with van der Waals surface area (Å²) in [5.74, 6) is -0.0654. The Bertz CT molecular complexity index is 550. The molecule has 0 radical (unpaired) electrons. The van der Waals surface area contributed by atoms with E-state index in [1.54, 1.807) is 6.07 Å². The lowest BCUT2D eigenvalue weighted by Crippen LogP contribution is -2.18. The van der Waals surface area contributed by atoms with Gasteiger partial charge in [-0.05, 0) is 24.8 Å². The predicted molar refractivity (Wildman–Crippen MR) is 74.0 cm³/mol. The van der Waals surface area contributed by atoms with Crippen molar-refractivity contribution < 1.29 is 8.42 Å². The molecule has 0 aliphatic rings. The van der Waals surface area contributed by atoms with Crippen molar-refractivity contribution in [3.05, 3.63) is 23.8 Å². The number of hydrogen-bond donors (Lipinski definition) is 2. The van der Waals surface area contributed by atoms with E-state index in [4.69, 9.17) is 10.4 Å². The first-order chi connectivity index (χ1) is 8.48. The Kier molecular flexibility index (Phi) is 5.47. The number of nitrogens with one attached hydrogen (secondary N) is 1. The van der Waals surface area contributed by atoms with Crippen LogP contribution in [0.2, 0.25) is 0 Å². The number of anilines is 1. The standard InChI is InChI=1S/C11H15N3O2S2/c1-17-11-5-2-4-10(9(11)8-12)14-6-3-7-18(13,15)16/h2,4-5,14H,3,6-7H2,1H3,(H2,13,15,16). The van der Waals surface area contributed by atoms with Crippen LogP contribution in [0.15, 0.2) is 23.1 Å². The van der Waals surface area contributed by atoms with Gasteiger partial charge >= 0.3 is 0 Å². The summed E-state index contributed by atoms with van der Waals surface area (Å²) in [5.41, 5.74) is 1.30. The second kappa shape index (κ2) is 6.64. The van der Waals surface area contributed by atoms with Gasteiger partial charge in [-0.15, -0.1) is 11.8 Å². The summed E-state index contributed by atoms with van der Waals surface area (Å²) in [4.78, 5) is 0.897.